The minimum absolute atomic E-state index is 0.702. The molecule has 0 unspecified atom stereocenters. The van der Waals surface area contributed by atoms with Crippen molar-refractivity contribution in [2.45, 2.75) is 85.0 Å². The first-order valence-corrected chi connectivity index (χ1v) is 7.56. The van der Waals surface area contributed by atoms with Gasteiger partial charge >= 0.3 is 0 Å². The van der Waals surface area contributed by atoms with E-state index in [1.807, 2.05) is 0 Å². The molecule has 3 rings (SSSR count). The van der Waals surface area contributed by atoms with Crippen molar-refractivity contribution in [3.05, 3.63) is 0 Å². The molecule has 0 heteroatoms. The molecule has 3 aliphatic carbocycles. The van der Waals surface area contributed by atoms with Crippen molar-refractivity contribution in [3.63, 3.8) is 0 Å². The quantitative estimate of drug-likeness (QED) is 0.544. The van der Waals surface area contributed by atoms with Crippen LogP contribution in [0.2, 0.25) is 0 Å². The molecule has 0 aromatic carbocycles. The molecule has 0 aliphatic heterocycles. The van der Waals surface area contributed by atoms with Gasteiger partial charge in [-0.05, 0) is 55.3 Å². The average molecular weight is 222 g/mol. The van der Waals surface area contributed by atoms with Gasteiger partial charge in [-0.25, -0.2) is 0 Å². The summed E-state index contributed by atoms with van der Waals surface area (Å²) < 4.78 is 0. The van der Waals surface area contributed by atoms with E-state index in [2.05, 4.69) is 20.8 Å². The van der Waals surface area contributed by atoms with Crippen molar-refractivity contribution in [1.82, 2.24) is 0 Å². The van der Waals surface area contributed by atoms with E-state index in [0.29, 0.717) is 10.8 Å². The van der Waals surface area contributed by atoms with Gasteiger partial charge in [-0.3, -0.25) is 0 Å². The van der Waals surface area contributed by atoms with Crippen molar-refractivity contribution in [1.29, 1.82) is 0 Å². The molecule has 0 saturated heterocycles. The molecule has 0 aromatic heterocycles. The van der Waals surface area contributed by atoms with Crippen LogP contribution in [-0.2, 0) is 0 Å². The van der Waals surface area contributed by atoms with Crippen LogP contribution >= 0.6 is 0 Å². The van der Waals surface area contributed by atoms with Crippen molar-refractivity contribution in [3.8, 4) is 0 Å². The van der Waals surface area contributed by atoms with E-state index >= 15 is 0 Å². The van der Waals surface area contributed by atoms with Crippen molar-refractivity contribution < 1.29 is 0 Å². The van der Waals surface area contributed by atoms with Gasteiger partial charge in [0.2, 0.25) is 0 Å². The summed E-state index contributed by atoms with van der Waals surface area (Å²) in [5.74, 6) is 0.898. The molecule has 0 aromatic rings. The van der Waals surface area contributed by atoms with Gasteiger partial charge in [0.25, 0.3) is 0 Å². The van der Waals surface area contributed by atoms with Gasteiger partial charge in [0, 0.05) is 0 Å². The lowest BCUT2D eigenvalue weighted by Gasteiger charge is -2.41. The average Bonchev–Trinajstić information content (AvgIpc) is 2.32. The predicted octanol–water partition coefficient (Wildman–Crippen LogP) is 5.56. The van der Waals surface area contributed by atoms with E-state index in [4.69, 9.17) is 0 Å². The second-order valence-corrected chi connectivity index (χ2v) is 7.24. The molecule has 3 aliphatic rings. The lowest BCUT2D eigenvalue weighted by Crippen LogP contribution is -2.29. The van der Waals surface area contributed by atoms with Crippen LogP contribution in [0.3, 0.4) is 0 Å². The number of hydrogen-bond donors (Lipinski definition) is 0. The first kappa shape index (κ1) is 12.5. The molecule has 3 saturated carbocycles. The third-order valence-electron chi connectivity index (χ3n) is 5.84. The summed E-state index contributed by atoms with van der Waals surface area (Å²) in [5, 5.41) is 0. The van der Waals surface area contributed by atoms with E-state index in [9.17, 15) is 0 Å². The second kappa shape index (κ2) is 4.70. The summed E-state index contributed by atoms with van der Waals surface area (Å²) in [6, 6.07) is 0. The molecular weight excluding hydrogens is 192 g/mol. The molecule has 0 amide bonds. The first-order chi connectivity index (χ1) is 7.56. The molecule has 3 fully saturated rings. The Kier molecular flexibility index (Phi) is 3.66. The molecule has 0 N–H and O–H groups in total. The van der Waals surface area contributed by atoms with Gasteiger partial charge in [-0.15, -0.1) is 0 Å². The van der Waals surface area contributed by atoms with E-state index in [0.717, 1.165) is 5.92 Å². The highest BCUT2D eigenvalue weighted by Gasteiger charge is 2.37. The molecule has 0 radical (unpaired) electrons. The summed E-state index contributed by atoms with van der Waals surface area (Å²) in [4.78, 5) is 0. The Labute approximate surface area is 102 Å². The predicted molar refractivity (Wildman–Crippen MR) is 71.5 cm³/mol. The van der Waals surface area contributed by atoms with Crippen LogP contribution in [0.15, 0.2) is 0 Å². The summed E-state index contributed by atoms with van der Waals surface area (Å²) in [6.45, 7) is 7.50. The summed E-state index contributed by atoms with van der Waals surface area (Å²) in [7, 11) is 0. The molecule has 94 valence electrons. The van der Waals surface area contributed by atoms with Crippen LogP contribution in [0.1, 0.15) is 85.0 Å². The van der Waals surface area contributed by atoms with Crippen LogP contribution in [0.5, 0.6) is 0 Å². The standard InChI is InChI=1S/C16H30/c1-14(2)16-11-5-4-8-15(3,9-6-12-16)10-7-13-16/h14H,4-13H2,1-3H3. The fraction of sp³-hybridized carbons (Fsp3) is 1.00. The Balaban J connectivity index is 2.17. The topological polar surface area (TPSA) is 0 Å². The van der Waals surface area contributed by atoms with Crippen molar-refractivity contribution >= 4 is 0 Å². The van der Waals surface area contributed by atoms with Crippen LogP contribution in [0.25, 0.3) is 0 Å². The van der Waals surface area contributed by atoms with Crippen molar-refractivity contribution in [2.75, 3.05) is 0 Å². The van der Waals surface area contributed by atoms with E-state index < -0.39 is 0 Å². The third kappa shape index (κ3) is 2.46. The maximum Gasteiger partial charge on any atom is -0.0274 e. The monoisotopic (exact) mass is 222 g/mol. The summed E-state index contributed by atoms with van der Waals surface area (Å²) >= 11 is 0. The highest BCUT2D eigenvalue weighted by Crippen LogP contribution is 2.50. The van der Waals surface area contributed by atoms with Crippen LogP contribution in [0.4, 0.5) is 0 Å². The Morgan fingerprint density at radius 1 is 0.688 bits per heavy atom. The minimum Gasteiger partial charge on any atom is -0.0622 e. The minimum atomic E-state index is 0.702. The maximum absolute atomic E-state index is 2.56. The Bertz CT molecular complexity index is 216. The van der Waals surface area contributed by atoms with E-state index in [-0.39, 0.29) is 0 Å². The molecule has 0 nitrogen and oxygen atoms in total. The molecule has 16 heavy (non-hydrogen) atoms. The van der Waals surface area contributed by atoms with Gasteiger partial charge in [0.15, 0.2) is 0 Å². The van der Waals surface area contributed by atoms with Gasteiger partial charge in [0.05, 0.1) is 0 Å². The van der Waals surface area contributed by atoms with E-state index in [1.54, 1.807) is 0 Å². The Morgan fingerprint density at radius 2 is 1.12 bits per heavy atom. The fourth-order valence-electron chi connectivity index (χ4n) is 4.38. The van der Waals surface area contributed by atoms with Crippen LogP contribution in [-0.4, -0.2) is 0 Å². The largest absolute Gasteiger partial charge is 0.0622 e. The summed E-state index contributed by atoms with van der Waals surface area (Å²) in [5.41, 5.74) is 1.42. The zero-order chi connectivity index (χ0) is 11.6. The zero-order valence-electron chi connectivity index (χ0n) is 11.6. The lowest BCUT2D eigenvalue weighted by atomic mass is 9.64. The third-order valence-corrected chi connectivity index (χ3v) is 5.84. The molecule has 0 atom stereocenters. The van der Waals surface area contributed by atoms with Crippen LogP contribution < -0.4 is 0 Å². The van der Waals surface area contributed by atoms with Gasteiger partial charge < -0.3 is 0 Å². The molecule has 2 bridgehead atoms. The van der Waals surface area contributed by atoms with Crippen LogP contribution in [0, 0.1) is 16.7 Å². The Morgan fingerprint density at radius 3 is 1.69 bits per heavy atom. The Hall–Kier alpha value is 0. The number of hydrogen-bond acceptors (Lipinski definition) is 0. The fourth-order valence-corrected chi connectivity index (χ4v) is 4.38. The number of rotatable bonds is 1. The summed E-state index contributed by atoms with van der Waals surface area (Å²) in [6.07, 6.45) is 15.0. The highest BCUT2D eigenvalue weighted by atomic mass is 14.4. The van der Waals surface area contributed by atoms with Gasteiger partial charge in [0.1, 0.15) is 0 Å². The smallest absolute Gasteiger partial charge is 0.0274 e. The maximum atomic E-state index is 2.56. The second-order valence-electron chi connectivity index (χ2n) is 7.24. The SMILES string of the molecule is CC(C)C12CCCCC(C)(CCC1)CCC2. The zero-order valence-corrected chi connectivity index (χ0v) is 11.6. The first-order valence-electron chi connectivity index (χ1n) is 7.56. The van der Waals surface area contributed by atoms with Crippen molar-refractivity contribution in [2.24, 2.45) is 16.7 Å². The lowest BCUT2D eigenvalue weighted by molar-refractivity contribution is 0.102. The highest BCUT2D eigenvalue weighted by molar-refractivity contribution is 4.89. The van der Waals surface area contributed by atoms with Gasteiger partial charge in [-0.2, -0.15) is 0 Å². The van der Waals surface area contributed by atoms with Gasteiger partial charge in [-0.1, -0.05) is 46.5 Å². The normalized spacial score (nSPS) is 41.2. The number of fused-ring (bicyclic) bond motifs is 7. The molecule has 0 spiro atoms. The van der Waals surface area contributed by atoms with E-state index in [1.165, 1.54) is 64.2 Å². The molecule has 0 heterocycles. The molecular formula is C16H30.